The van der Waals surface area contributed by atoms with E-state index in [9.17, 15) is 0 Å². The van der Waals surface area contributed by atoms with E-state index in [1.54, 1.807) is 6.20 Å². The number of anilines is 2. The SMILES string of the molecule is Cc1cc(Nc2cc3cc(-c4c(OCC5CC6(CCC6)CO5)cnn4C)ccn3n2)nc(C)n1. The Morgan fingerprint density at radius 3 is 2.82 bits per heavy atom. The zero-order chi connectivity index (χ0) is 23.3. The molecular formula is C25H29N7O2. The third-order valence-electron chi connectivity index (χ3n) is 6.99. The number of aryl methyl sites for hydroxylation is 3. The zero-order valence-electron chi connectivity index (χ0n) is 19.8. The summed E-state index contributed by atoms with van der Waals surface area (Å²) in [5, 5.41) is 12.4. The first-order valence-electron chi connectivity index (χ1n) is 11.8. The summed E-state index contributed by atoms with van der Waals surface area (Å²) < 4.78 is 15.9. The quantitative estimate of drug-likeness (QED) is 0.461. The van der Waals surface area contributed by atoms with Crippen LogP contribution in [0.4, 0.5) is 11.6 Å². The van der Waals surface area contributed by atoms with Gasteiger partial charge in [-0.25, -0.2) is 14.5 Å². The Kier molecular flexibility index (Phi) is 5.02. The van der Waals surface area contributed by atoms with Gasteiger partial charge in [0.05, 0.1) is 24.4 Å². The molecule has 0 aromatic carbocycles. The minimum absolute atomic E-state index is 0.161. The van der Waals surface area contributed by atoms with Gasteiger partial charge >= 0.3 is 0 Å². The van der Waals surface area contributed by atoms with Crippen molar-refractivity contribution in [1.29, 1.82) is 0 Å². The van der Waals surface area contributed by atoms with Crippen molar-refractivity contribution in [2.24, 2.45) is 12.5 Å². The van der Waals surface area contributed by atoms with E-state index in [-0.39, 0.29) is 6.10 Å². The lowest BCUT2D eigenvalue weighted by molar-refractivity contribution is 0.0487. The maximum atomic E-state index is 6.22. The van der Waals surface area contributed by atoms with Crippen molar-refractivity contribution in [3.63, 3.8) is 0 Å². The van der Waals surface area contributed by atoms with E-state index in [4.69, 9.17) is 9.47 Å². The predicted molar refractivity (Wildman–Crippen MR) is 128 cm³/mol. The van der Waals surface area contributed by atoms with Crippen LogP contribution in [0.1, 0.15) is 37.2 Å². The van der Waals surface area contributed by atoms with Crippen molar-refractivity contribution >= 4 is 17.2 Å². The summed E-state index contributed by atoms with van der Waals surface area (Å²) in [6, 6.07) is 8.02. The second-order valence-corrected chi connectivity index (χ2v) is 9.66. The Morgan fingerprint density at radius 2 is 2.06 bits per heavy atom. The van der Waals surface area contributed by atoms with Crippen LogP contribution in [0.3, 0.4) is 0 Å². The van der Waals surface area contributed by atoms with Gasteiger partial charge in [-0.05, 0) is 50.7 Å². The van der Waals surface area contributed by atoms with E-state index in [0.29, 0.717) is 12.0 Å². The first-order valence-corrected chi connectivity index (χ1v) is 11.8. The average molecular weight is 460 g/mol. The first kappa shape index (κ1) is 21.1. The molecule has 1 saturated heterocycles. The molecule has 1 aliphatic heterocycles. The molecule has 1 unspecified atom stereocenters. The smallest absolute Gasteiger partial charge is 0.165 e. The summed E-state index contributed by atoms with van der Waals surface area (Å²) in [6.07, 6.45) is 8.91. The number of nitrogens with one attached hydrogen (secondary N) is 1. The first-order chi connectivity index (χ1) is 16.5. The molecule has 34 heavy (non-hydrogen) atoms. The van der Waals surface area contributed by atoms with E-state index >= 15 is 0 Å². The van der Waals surface area contributed by atoms with Gasteiger partial charge in [0.1, 0.15) is 23.9 Å². The van der Waals surface area contributed by atoms with Crippen molar-refractivity contribution < 1.29 is 9.47 Å². The second-order valence-electron chi connectivity index (χ2n) is 9.66. The highest BCUT2D eigenvalue weighted by Gasteiger charge is 2.44. The third kappa shape index (κ3) is 3.90. The van der Waals surface area contributed by atoms with Gasteiger partial charge in [0.15, 0.2) is 11.6 Å². The molecular weight excluding hydrogens is 430 g/mol. The lowest BCUT2D eigenvalue weighted by atomic mass is 9.68. The maximum absolute atomic E-state index is 6.22. The van der Waals surface area contributed by atoms with Crippen LogP contribution in [0.25, 0.3) is 16.8 Å². The van der Waals surface area contributed by atoms with Crippen LogP contribution >= 0.6 is 0 Å². The molecule has 9 heteroatoms. The van der Waals surface area contributed by atoms with Gasteiger partial charge in [0, 0.05) is 36.6 Å². The molecule has 176 valence electrons. The Bertz CT molecular complexity index is 1330. The fraction of sp³-hybridized carbons (Fsp3) is 0.440. The lowest BCUT2D eigenvalue weighted by Crippen LogP contribution is -2.30. The number of hydrogen-bond donors (Lipinski definition) is 1. The van der Waals surface area contributed by atoms with Crippen LogP contribution in [-0.4, -0.2) is 48.7 Å². The molecule has 9 nitrogen and oxygen atoms in total. The number of aromatic nitrogens is 6. The molecule has 4 aromatic heterocycles. The van der Waals surface area contributed by atoms with Gasteiger partial charge < -0.3 is 14.8 Å². The van der Waals surface area contributed by atoms with E-state index < -0.39 is 0 Å². The van der Waals surface area contributed by atoms with E-state index in [1.165, 1.54) is 19.3 Å². The number of pyridine rings is 1. The minimum atomic E-state index is 0.161. The standard InChI is InChI=1S/C25H29N7O2/c1-16-9-22(28-17(2)27-16)29-23-11-19-10-18(5-8-32(19)30-23)24-21(13-26-31(24)3)33-14-20-12-25(15-34-20)6-4-7-25/h5,8-11,13,20H,4,6-7,12,14-15H2,1-3H3,(H,27,28,29,30). The summed E-state index contributed by atoms with van der Waals surface area (Å²) in [7, 11) is 1.94. The highest BCUT2D eigenvalue weighted by atomic mass is 16.5. The van der Waals surface area contributed by atoms with Crippen molar-refractivity contribution in [3.8, 4) is 17.0 Å². The van der Waals surface area contributed by atoms with E-state index in [0.717, 1.165) is 58.7 Å². The number of hydrogen-bond acceptors (Lipinski definition) is 7. The predicted octanol–water partition coefficient (Wildman–Crippen LogP) is 4.22. The normalized spacial score (nSPS) is 19.0. The summed E-state index contributed by atoms with van der Waals surface area (Å²) in [5.41, 5.74) is 4.26. The van der Waals surface area contributed by atoms with Crippen LogP contribution < -0.4 is 10.1 Å². The van der Waals surface area contributed by atoms with Crippen LogP contribution in [0.2, 0.25) is 0 Å². The molecule has 0 bridgehead atoms. The molecule has 1 saturated carbocycles. The summed E-state index contributed by atoms with van der Waals surface area (Å²) in [4.78, 5) is 8.77. The Morgan fingerprint density at radius 1 is 1.18 bits per heavy atom. The van der Waals surface area contributed by atoms with Crippen molar-refractivity contribution in [2.45, 2.75) is 45.6 Å². The molecule has 1 spiro atoms. The Balaban J connectivity index is 1.21. The molecule has 5 heterocycles. The van der Waals surface area contributed by atoms with Gasteiger partial charge in [-0.3, -0.25) is 4.68 Å². The minimum Gasteiger partial charge on any atom is -0.487 e. The Labute approximate surface area is 198 Å². The Hall–Kier alpha value is -3.46. The summed E-state index contributed by atoms with van der Waals surface area (Å²) in [6.45, 7) is 5.27. The fourth-order valence-corrected chi connectivity index (χ4v) is 5.18. The van der Waals surface area contributed by atoms with E-state index in [2.05, 4.69) is 31.5 Å². The molecule has 2 aliphatic rings. The maximum Gasteiger partial charge on any atom is 0.165 e. The van der Waals surface area contributed by atoms with Crippen molar-refractivity contribution in [3.05, 3.63) is 48.2 Å². The van der Waals surface area contributed by atoms with Crippen LogP contribution in [0.15, 0.2) is 36.7 Å². The summed E-state index contributed by atoms with van der Waals surface area (Å²) >= 11 is 0. The molecule has 0 amide bonds. The number of fused-ring (bicyclic) bond motifs is 1. The number of nitrogens with zero attached hydrogens (tertiary/aromatic N) is 6. The zero-order valence-corrected chi connectivity index (χ0v) is 19.8. The molecule has 1 aliphatic carbocycles. The van der Waals surface area contributed by atoms with Gasteiger partial charge in [-0.2, -0.15) is 10.2 Å². The van der Waals surface area contributed by atoms with Gasteiger partial charge in [0.25, 0.3) is 0 Å². The van der Waals surface area contributed by atoms with Crippen LogP contribution in [-0.2, 0) is 11.8 Å². The van der Waals surface area contributed by atoms with Crippen molar-refractivity contribution in [1.82, 2.24) is 29.4 Å². The van der Waals surface area contributed by atoms with Gasteiger partial charge in [-0.1, -0.05) is 6.42 Å². The molecule has 4 aromatic rings. The second kappa shape index (κ2) is 8.09. The highest BCUT2D eigenvalue weighted by Crippen LogP contribution is 2.49. The fourth-order valence-electron chi connectivity index (χ4n) is 5.18. The monoisotopic (exact) mass is 459 g/mol. The topological polar surface area (TPSA) is 91.4 Å². The number of ether oxygens (including phenoxy) is 2. The van der Waals surface area contributed by atoms with Crippen LogP contribution in [0, 0.1) is 19.3 Å². The lowest BCUT2D eigenvalue weighted by Gasteiger charge is -2.36. The summed E-state index contributed by atoms with van der Waals surface area (Å²) in [5.74, 6) is 2.95. The van der Waals surface area contributed by atoms with Crippen LogP contribution in [0.5, 0.6) is 5.75 Å². The van der Waals surface area contributed by atoms with Crippen molar-refractivity contribution in [2.75, 3.05) is 18.5 Å². The third-order valence-corrected chi connectivity index (χ3v) is 6.99. The molecule has 1 N–H and O–H groups in total. The molecule has 6 rings (SSSR count). The number of rotatable bonds is 6. The molecule has 2 fully saturated rings. The van der Waals surface area contributed by atoms with E-state index in [1.807, 2.05) is 54.5 Å². The van der Waals surface area contributed by atoms with Gasteiger partial charge in [-0.15, -0.1) is 0 Å². The largest absolute Gasteiger partial charge is 0.487 e. The van der Waals surface area contributed by atoms with Gasteiger partial charge in [0.2, 0.25) is 0 Å². The highest BCUT2D eigenvalue weighted by molar-refractivity contribution is 5.72. The molecule has 1 atom stereocenters. The average Bonchev–Trinajstić information content (AvgIpc) is 3.47. The molecule has 0 radical (unpaired) electrons.